The van der Waals surface area contributed by atoms with E-state index < -0.39 is 0 Å². The molecule has 0 aromatic carbocycles. The molecule has 0 radical (unpaired) electrons. The molecule has 2 rings (SSSR count). The molecule has 0 saturated carbocycles. The van der Waals surface area contributed by atoms with Crippen molar-refractivity contribution in [3.05, 3.63) is 35.8 Å². The van der Waals surface area contributed by atoms with Gasteiger partial charge in [0, 0.05) is 17.9 Å². The molecule has 0 aliphatic heterocycles. The van der Waals surface area contributed by atoms with Gasteiger partial charge in [0.2, 0.25) is 0 Å². The Hall–Kier alpha value is -1.95. The maximum absolute atomic E-state index is 5.70. The third-order valence-corrected chi connectivity index (χ3v) is 2.91. The molecular formula is C13H17N5S. The van der Waals surface area contributed by atoms with Crippen molar-refractivity contribution in [1.82, 2.24) is 14.8 Å². The maximum Gasteiger partial charge on any atom is 0.140 e. The molecular weight excluding hydrogens is 258 g/mol. The Balaban J connectivity index is 2.31. The maximum atomic E-state index is 5.70. The minimum Gasteiger partial charge on any atom is -0.389 e. The van der Waals surface area contributed by atoms with Crippen LogP contribution in [0.15, 0.2) is 24.5 Å². The van der Waals surface area contributed by atoms with Crippen LogP contribution in [0, 0.1) is 6.92 Å². The van der Waals surface area contributed by atoms with Crippen molar-refractivity contribution >= 4 is 28.7 Å². The first kappa shape index (κ1) is 13.5. The van der Waals surface area contributed by atoms with Gasteiger partial charge in [0.1, 0.15) is 10.8 Å². The lowest BCUT2D eigenvalue weighted by Crippen LogP contribution is -2.13. The summed E-state index contributed by atoms with van der Waals surface area (Å²) < 4.78 is 1.87. The zero-order valence-electron chi connectivity index (χ0n) is 11.2. The summed E-state index contributed by atoms with van der Waals surface area (Å²) in [6.45, 7) is 6.07. The van der Waals surface area contributed by atoms with Crippen molar-refractivity contribution < 1.29 is 0 Å². The normalized spacial score (nSPS) is 10.7. The molecule has 0 amide bonds. The van der Waals surface area contributed by atoms with Crippen molar-refractivity contribution in [2.75, 3.05) is 5.32 Å². The first-order valence-electron chi connectivity index (χ1n) is 6.06. The standard InChI is InChI=1S/C13H17N5S/c1-8(2)18-7-10(6-15-18)17-13-11(12(14)19)5-4-9(3)16-13/h4-8H,1-3H3,(H2,14,19)(H,16,17). The molecule has 2 heterocycles. The number of pyridine rings is 1. The Labute approximate surface area is 117 Å². The topological polar surface area (TPSA) is 68.8 Å². The fourth-order valence-corrected chi connectivity index (χ4v) is 1.84. The summed E-state index contributed by atoms with van der Waals surface area (Å²) in [4.78, 5) is 4.75. The van der Waals surface area contributed by atoms with E-state index in [0.717, 1.165) is 16.9 Å². The highest BCUT2D eigenvalue weighted by molar-refractivity contribution is 7.80. The largest absolute Gasteiger partial charge is 0.389 e. The van der Waals surface area contributed by atoms with Crippen LogP contribution in [0.3, 0.4) is 0 Å². The van der Waals surface area contributed by atoms with Gasteiger partial charge in [-0.25, -0.2) is 4.98 Å². The second kappa shape index (κ2) is 5.36. The van der Waals surface area contributed by atoms with Crippen molar-refractivity contribution in [3.63, 3.8) is 0 Å². The van der Waals surface area contributed by atoms with Crippen LogP contribution in [0.25, 0.3) is 0 Å². The number of thiocarbonyl (C=S) groups is 1. The summed E-state index contributed by atoms with van der Waals surface area (Å²) in [5, 5.41) is 7.48. The van der Waals surface area contributed by atoms with Crippen molar-refractivity contribution in [3.8, 4) is 0 Å². The Morgan fingerprint density at radius 1 is 1.42 bits per heavy atom. The number of nitrogens with zero attached hydrogens (tertiary/aromatic N) is 3. The molecule has 100 valence electrons. The molecule has 19 heavy (non-hydrogen) atoms. The summed E-state index contributed by atoms with van der Waals surface area (Å²) in [5.74, 6) is 0.663. The number of anilines is 2. The van der Waals surface area contributed by atoms with Gasteiger partial charge < -0.3 is 11.1 Å². The van der Waals surface area contributed by atoms with E-state index in [9.17, 15) is 0 Å². The van der Waals surface area contributed by atoms with Gasteiger partial charge >= 0.3 is 0 Å². The zero-order chi connectivity index (χ0) is 14.0. The van der Waals surface area contributed by atoms with Gasteiger partial charge in [-0.3, -0.25) is 4.68 Å². The molecule has 0 fully saturated rings. The number of hydrogen-bond donors (Lipinski definition) is 2. The van der Waals surface area contributed by atoms with Crippen LogP contribution in [0.4, 0.5) is 11.5 Å². The van der Waals surface area contributed by atoms with E-state index in [1.807, 2.05) is 29.9 Å². The predicted octanol–water partition coefficient (Wildman–Crippen LogP) is 2.55. The van der Waals surface area contributed by atoms with Crippen LogP contribution >= 0.6 is 12.2 Å². The Kier molecular flexibility index (Phi) is 3.80. The molecule has 2 aromatic heterocycles. The summed E-state index contributed by atoms with van der Waals surface area (Å²) in [7, 11) is 0. The molecule has 0 aliphatic carbocycles. The van der Waals surface area contributed by atoms with E-state index in [2.05, 4.69) is 29.2 Å². The molecule has 0 bridgehead atoms. The molecule has 0 spiro atoms. The first-order chi connectivity index (χ1) is 8.97. The van der Waals surface area contributed by atoms with E-state index in [1.165, 1.54) is 0 Å². The highest BCUT2D eigenvalue weighted by Crippen LogP contribution is 2.20. The average Bonchev–Trinajstić information content (AvgIpc) is 2.77. The lowest BCUT2D eigenvalue weighted by molar-refractivity contribution is 0.532. The summed E-state index contributed by atoms with van der Waals surface area (Å²) in [5.41, 5.74) is 8.20. The second-order valence-electron chi connectivity index (χ2n) is 4.64. The second-order valence-corrected chi connectivity index (χ2v) is 5.08. The van der Waals surface area contributed by atoms with Crippen LogP contribution in [0.5, 0.6) is 0 Å². The number of aromatic nitrogens is 3. The lowest BCUT2D eigenvalue weighted by atomic mass is 10.2. The molecule has 0 saturated heterocycles. The number of aryl methyl sites for hydroxylation is 1. The number of rotatable bonds is 4. The Morgan fingerprint density at radius 3 is 2.74 bits per heavy atom. The lowest BCUT2D eigenvalue weighted by Gasteiger charge is -2.09. The van der Waals surface area contributed by atoms with Crippen molar-refractivity contribution in [2.45, 2.75) is 26.8 Å². The summed E-state index contributed by atoms with van der Waals surface area (Å²) >= 11 is 5.03. The highest BCUT2D eigenvalue weighted by atomic mass is 32.1. The van der Waals surface area contributed by atoms with Gasteiger partial charge in [0.15, 0.2) is 0 Å². The molecule has 3 N–H and O–H groups in total. The van der Waals surface area contributed by atoms with E-state index in [1.54, 1.807) is 6.20 Å². The van der Waals surface area contributed by atoms with Gasteiger partial charge in [0.25, 0.3) is 0 Å². The Bertz CT molecular complexity index is 603. The monoisotopic (exact) mass is 275 g/mol. The van der Waals surface area contributed by atoms with Gasteiger partial charge in [-0.2, -0.15) is 5.10 Å². The molecule has 6 heteroatoms. The quantitative estimate of drug-likeness (QED) is 0.839. The van der Waals surface area contributed by atoms with E-state index in [-0.39, 0.29) is 0 Å². The number of hydrogen-bond acceptors (Lipinski definition) is 4. The summed E-state index contributed by atoms with van der Waals surface area (Å²) in [6.07, 6.45) is 3.69. The summed E-state index contributed by atoms with van der Waals surface area (Å²) in [6, 6.07) is 4.08. The van der Waals surface area contributed by atoms with Crippen LogP contribution in [0.1, 0.15) is 31.1 Å². The third-order valence-electron chi connectivity index (χ3n) is 2.69. The van der Waals surface area contributed by atoms with Crippen LogP contribution < -0.4 is 11.1 Å². The third kappa shape index (κ3) is 3.08. The van der Waals surface area contributed by atoms with E-state index >= 15 is 0 Å². The SMILES string of the molecule is Cc1ccc(C(N)=S)c(Nc2cnn(C(C)C)c2)n1. The fourth-order valence-electron chi connectivity index (χ4n) is 1.67. The number of nitrogens with one attached hydrogen (secondary N) is 1. The Morgan fingerprint density at radius 2 is 2.16 bits per heavy atom. The fraction of sp³-hybridized carbons (Fsp3) is 0.308. The van der Waals surface area contributed by atoms with Gasteiger partial charge in [0.05, 0.1) is 17.4 Å². The zero-order valence-corrected chi connectivity index (χ0v) is 12.0. The molecule has 2 aromatic rings. The molecule has 0 atom stereocenters. The highest BCUT2D eigenvalue weighted by Gasteiger charge is 2.09. The number of nitrogens with two attached hydrogens (primary N) is 1. The van der Waals surface area contributed by atoms with Crippen LogP contribution in [-0.4, -0.2) is 19.8 Å². The predicted molar refractivity (Wildman–Crippen MR) is 80.8 cm³/mol. The van der Waals surface area contributed by atoms with Gasteiger partial charge in [-0.1, -0.05) is 12.2 Å². The van der Waals surface area contributed by atoms with E-state index in [0.29, 0.717) is 16.8 Å². The van der Waals surface area contributed by atoms with Gasteiger partial charge in [-0.05, 0) is 32.9 Å². The molecule has 5 nitrogen and oxygen atoms in total. The smallest absolute Gasteiger partial charge is 0.140 e. The van der Waals surface area contributed by atoms with E-state index in [4.69, 9.17) is 18.0 Å². The average molecular weight is 275 g/mol. The van der Waals surface area contributed by atoms with Crippen LogP contribution in [0.2, 0.25) is 0 Å². The molecule has 0 unspecified atom stereocenters. The molecule has 0 aliphatic rings. The first-order valence-corrected chi connectivity index (χ1v) is 6.47. The van der Waals surface area contributed by atoms with Crippen LogP contribution in [-0.2, 0) is 0 Å². The minimum atomic E-state index is 0.316. The van der Waals surface area contributed by atoms with Gasteiger partial charge in [-0.15, -0.1) is 0 Å². The van der Waals surface area contributed by atoms with Crippen molar-refractivity contribution in [1.29, 1.82) is 0 Å². The minimum absolute atomic E-state index is 0.316. The van der Waals surface area contributed by atoms with Crippen molar-refractivity contribution in [2.24, 2.45) is 5.73 Å².